The second-order valence-electron chi connectivity index (χ2n) is 4.00. The molecule has 18 heavy (non-hydrogen) atoms. The van der Waals surface area contributed by atoms with Gasteiger partial charge in [0.15, 0.2) is 0 Å². The highest BCUT2D eigenvalue weighted by molar-refractivity contribution is 5.88. The maximum Gasteiger partial charge on any atom is 0.314 e. The van der Waals surface area contributed by atoms with Gasteiger partial charge in [-0.25, -0.2) is 0 Å². The monoisotopic (exact) mass is 252 g/mol. The molecule has 0 saturated carbocycles. The average molecular weight is 252 g/mol. The molecule has 0 aliphatic carbocycles. The van der Waals surface area contributed by atoms with E-state index < -0.39 is 18.4 Å². The van der Waals surface area contributed by atoms with Crippen molar-refractivity contribution in [1.82, 2.24) is 0 Å². The molecule has 100 valence electrons. The van der Waals surface area contributed by atoms with Gasteiger partial charge in [0.2, 0.25) is 0 Å². The Kier molecular flexibility index (Phi) is 7.43. The van der Waals surface area contributed by atoms with E-state index >= 15 is 0 Å². The third-order valence-corrected chi connectivity index (χ3v) is 2.32. The lowest BCUT2D eigenvalue weighted by Gasteiger charge is -2.02. The molecule has 0 fully saturated rings. The Morgan fingerprint density at radius 3 is 1.56 bits per heavy atom. The number of hydrogen-bond donors (Lipinski definition) is 2. The molecular formula is C14H20O4. The van der Waals surface area contributed by atoms with Crippen LogP contribution >= 0.6 is 0 Å². The molecule has 4 heteroatoms. The van der Waals surface area contributed by atoms with Crippen LogP contribution in [0.2, 0.25) is 0 Å². The molecule has 0 spiro atoms. The van der Waals surface area contributed by atoms with Crippen molar-refractivity contribution in [2.45, 2.75) is 40.0 Å². The van der Waals surface area contributed by atoms with Crippen molar-refractivity contribution in [1.29, 1.82) is 0 Å². The van der Waals surface area contributed by atoms with Gasteiger partial charge >= 0.3 is 11.9 Å². The highest BCUT2D eigenvalue weighted by Crippen LogP contribution is 2.10. The summed E-state index contributed by atoms with van der Waals surface area (Å²) < 4.78 is 0. The first-order valence-electron chi connectivity index (χ1n) is 5.92. The number of carbonyl (C=O) groups is 2. The van der Waals surface area contributed by atoms with Crippen molar-refractivity contribution < 1.29 is 19.8 Å². The predicted molar refractivity (Wildman–Crippen MR) is 69.8 cm³/mol. The summed E-state index contributed by atoms with van der Waals surface area (Å²) in [6, 6.07) is 6.82. The molecule has 1 aromatic rings. The van der Waals surface area contributed by atoms with Gasteiger partial charge in [-0.2, -0.15) is 0 Å². The number of carboxylic acid groups (broad SMARTS) is 2. The van der Waals surface area contributed by atoms with E-state index in [2.05, 4.69) is 39.0 Å². The van der Waals surface area contributed by atoms with E-state index in [0.29, 0.717) is 0 Å². The number of aryl methyl sites for hydroxylation is 3. The van der Waals surface area contributed by atoms with Crippen LogP contribution in [-0.2, 0) is 22.4 Å². The van der Waals surface area contributed by atoms with Crippen LogP contribution in [0, 0.1) is 6.92 Å². The van der Waals surface area contributed by atoms with Gasteiger partial charge in [0, 0.05) is 0 Å². The number of hydrogen-bond acceptors (Lipinski definition) is 2. The lowest BCUT2D eigenvalue weighted by atomic mass is 10.0. The van der Waals surface area contributed by atoms with Crippen LogP contribution in [0.4, 0.5) is 0 Å². The summed E-state index contributed by atoms with van der Waals surface area (Å²) in [5.74, 6) is -2.62. The lowest BCUT2D eigenvalue weighted by Crippen LogP contribution is -2.03. The molecule has 0 atom stereocenters. The number of benzene rings is 1. The molecule has 0 bridgehead atoms. The number of rotatable bonds is 4. The maximum atomic E-state index is 9.43. The fourth-order valence-corrected chi connectivity index (χ4v) is 1.49. The first kappa shape index (κ1) is 16.2. The molecule has 0 aliphatic rings. The summed E-state index contributed by atoms with van der Waals surface area (Å²) >= 11 is 0. The Labute approximate surface area is 107 Å². The molecule has 1 aromatic carbocycles. The Balaban J connectivity index is 0.000000360. The van der Waals surface area contributed by atoms with Crippen LogP contribution in [0.25, 0.3) is 0 Å². The van der Waals surface area contributed by atoms with Crippen LogP contribution in [0.15, 0.2) is 18.2 Å². The van der Waals surface area contributed by atoms with Crippen LogP contribution < -0.4 is 0 Å². The first-order valence-corrected chi connectivity index (χ1v) is 5.92. The van der Waals surface area contributed by atoms with Gasteiger partial charge in [-0.1, -0.05) is 37.6 Å². The lowest BCUT2D eigenvalue weighted by molar-refractivity contribution is -0.147. The van der Waals surface area contributed by atoms with E-state index in [9.17, 15) is 9.59 Å². The minimum atomic E-state index is -1.31. The van der Waals surface area contributed by atoms with Gasteiger partial charge in [0.05, 0.1) is 0 Å². The Hall–Kier alpha value is -1.84. The van der Waals surface area contributed by atoms with E-state index in [1.165, 1.54) is 16.7 Å². The van der Waals surface area contributed by atoms with E-state index in [1.54, 1.807) is 0 Å². The molecule has 4 nitrogen and oxygen atoms in total. The third-order valence-electron chi connectivity index (χ3n) is 2.32. The summed E-state index contributed by atoms with van der Waals surface area (Å²) in [5, 5.41) is 15.4. The van der Waals surface area contributed by atoms with Crippen molar-refractivity contribution in [3.8, 4) is 0 Å². The fraction of sp³-hybridized carbons (Fsp3) is 0.429. The summed E-state index contributed by atoms with van der Waals surface area (Å²) in [6.07, 6.45) is 1.49. The van der Waals surface area contributed by atoms with E-state index in [4.69, 9.17) is 10.2 Å². The highest BCUT2D eigenvalue weighted by Gasteiger charge is 2.01. The molecule has 0 aliphatic heterocycles. The topological polar surface area (TPSA) is 74.6 Å². The molecule has 1 rings (SSSR count). The second-order valence-corrected chi connectivity index (χ2v) is 4.00. The summed E-state index contributed by atoms with van der Waals surface area (Å²) in [7, 11) is 0. The molecular weight excluding hydrogens is 232 g/mol. The fourth-order valence-electron chi connectivity index (χ4n) is 1.49. The Morgan fingerprint density at radius 1 is 0.944 bits per heavy atom. The second kappa shape index (κ2) is 8.28. The normalized spacial score (nSPS) is 9.28. The van der Waals surface area contributed by atoms with Gasteiger partial charge in [0.1, 0.15) is 6.42 Å². The Morgan fingerprint density at radius 2 is 1.33 bits per heavy atom. The van der Waals surface area contributed by atoms with Gasteiger partial charge < -0.3 is 10.2 Å². The van der Waals surface area contributed by atoms with Crippen LogP contribution in [0.3, 0.4) is 0 Å². The van der Waals surface area contributed by atoms with Gasteiger partial charge in [0.25, 0.3) is 0 Å². The molecule has 0 heterocycles. The average Bonchev–Trinajstić information content (AvgIpc) is 2.27. The summed E-state index contributed by atoms with van der Waals surface area (Å²) in [5.41, 5.74) is 4.31. The molecule has 0 radical (unpaired) electrons. The van der Waals surface area contributed by atoms with E-state index in [1.807, 2.05) is 0 Å². The minimum Gasteiger partial charge on any atom is -0.481 e. The smallest absolute Gasteiger partial charge is 0.314 e. The minimum absolute atomic E-state index is 0.806. The molecule has 0 aromatic heterocycles. The number of aliphatic carboxylic acids is 2. The highest BCUT2D eigenvalue weighted by atomic mass is 16.4. The van der Waals surface area contributed by atoms with Crippen LogP contribution in [-0.4, -0.2) is 22.2 Å². The maximum absolute atomic E-state index is 9.43. The molecule has 2 N–H and O–H groups in total. The zero-order valence-corrected chi connectivity index (χ0v) is 11.1. The number of carboxylic acids is 2. The largest absolute Gasteiger partial charge is 0.481 e. The van der Waals surface area contributed by atoms with Crippen molar-refractivity contribution in [2.75, 3.05) is 0 Å². The first-order chi connectivity index (χ1) is 8.38. The predicted octanol–water partition coefficient (Wildman–Crippen LogP) is 2.67. The van der Waals surface area contributed by atoms with Crippen molar-refractivity contribution in [2.24, 2.45) is 0 Å². The standard InChI is InChI=1S/C11H16.C3H4O4/c1-4-10-6-9(3)7-11(5-2)8-10;4-2(5)1-3(6)7/h6-8H,4-5H2,1-3H3;1H2,(H,4,5)(H,6,7). The zero-order valence-electron chi connectivity index (χ0n) is 11.1. The molecule has 0 unspecified atom stereocenters. The van der Waals surface area contributed by atoms with Gasteiger partial charge in [-0.3, -0.25) is 9.59 Å². The quantitative estimate of drug-likeness (QED) is 0.808. The van der Waals surface area contributed by atoms with Gasteiger partial charge in [-0.15, -0.1) is 0 Å². The van der Waals surface area contributed by atoms with E-state index in [-0.39, 0.29) is 0 Å². The molecule has 0 saturated heterocycles. The van der Waals surface area contributed by atoms with Crippen LogP contribution in [0.5, 0.6) is 0 Å². The summed E-state index contributed by atoms with van der Waals surface area (Å²) in [6.45, 7) is 6.57. The Bertz CT molecular complexity index is 376. The molecule has 0 amide bonds. The third kappa shape index (κ3) is 7.44. The zero-order chi connectivity index (χ0) is 14.1. The SMILES string of the molecule is CCc1cc(C)cc(CC)c1.O=C(O)CC(=O)O. The van der Waals surface area contributed by atoms with Crippen LogP contribution in [0.1, 0.15) is 37.0 Å². The summed E-state index contributed by atoms with van der Waals surface area (Å²) in [4.78, 5) is 18.9. The van der Waals surface area contributed by atoms with Crippen molar-refractivity contribution >= 4 is 11.9 Å². The van der Waals surface area contributed by atoms with Gasteiger partial charge in [-0.05, 0) is 30.9 Å². The van der Waals surface area contributed by atoms with E-state index in [0.717, 1.165) is 12.8 Å². The van der Waals surface area contributed by atoms with Crippen molar-refractivity contribution in [3.63, 3.8) is 0 Å². The van der Waals surface area contributed by atoms with Crippen molar-refractivity contribution in [3.05, 3.63) is 34.9 Å².